The van der Waals surface area contributed by atoms with Gasteiger partial charge in [-0.1, -0.05) is 19.9 Å². The molecule has 0 radical (unpaired) electrons. The molecule has 27 heavy (non-hydrogen) atoms. The minimum atomic E-state index is 0. The van der Waals surface area contributed by atoms with Gasteiger partial charge in [0.1, 0.15) is 0 Å². The number of ether oxygens (including phenoxy) is 3. The second-order valence-electron chi connectivity index (χ2n) is 6.56. The number of aliphatic imine (C=N–C) groups is 1. The molecule has 0 atom stereocenters. The van der Waals surface area contributed by atoms with E-state index in [4.69, 9.17) is 14.2 Å². The highest BCUT2D eigenvalue weighted by Crippen LogP contribution is 2.32. The van der Waals surface area contributed by atoms with Crippen LogP contribution in [-0.2, 0) is 4.74 Å². The summed E-state index contributed by atoms with van der Waals surface area (Å²) in [5.41, 5.74) is 0.903. The number of guanidine groups is 1. The molecule has 2 rings (SSSR count). The molecule has 1 aliphatic rings. The first kappa shape index (κ1) is 23.6. The molecule has 0 saturated carbocycles. The van der Waals surface area contributed by atoms with Crippen LogP contribution in [0.2, 0.25) is 0 Å². The fourth-order valence-electron chi connectivity index (χ4n) is 2.36. The van der Waals surface area contributed by atoms with Crippen molar-refractivity contribution in [2.75, 3.05) is 44.8 Å². The highest BCUT2D eigenvalue weighted by Gasteiger charge is 2.11. The lowest BCUT2D eigenvalue weighted by Gasteiger charge is -2.14. The number of benzene rings is 1. The Kier molecular flexibility index (Phi) is 11.9. The molecular weight excluding hydrogens is 457 g/mol. The van der Waals surface area contributed by atoms with Crippen molar-refractivity contribution in [2.45, 2.75) is 26.7 Å². The third-order valence-electron chi connectivity index (χ3n) is 3.59. The first-order valence-corrected chi connectivity index (χ1v) is 9.32. The summed E-state index contributed by atoms with van der Waals surface area (Å²) in [5, 5.41) is 6.54. The van der Waals surface area contributed by atoms with Gasteiger partial charge < -0.3 is 24.8 Å². The van der Waals surface area contributed by atoms with Crippen molar-refractivity contribution in [1.82, 2.24) is 5.32 Å². The normalized spacial score (nSPS) is 13.5. The average Bonchev–Trinajstić information content (AvgIpc) is 2.87. The van der Waals surface area contributed by atoms with Crippen LogP contribution in [0, 0.1) is 5.92 Å². The number of nitrogens with zero attached hydrogens (tertiary/aromatic N) is 1. The highest BCUT2D eigenvalue weighted by molar-refractivity contribution is 14.0. The van der Waals surface area contributed by atoms with E-state index in [0.717, 1.165) is 43.2 Å². The van der Waals surface area contributed by atoms with Crippen LogP contribution in [0.1, 0.15) is 26.7 Å². The number of fused-ring (bicyclic) bond motifs is 1. The smallest absolute Gasteiger partial charge is 0.196 e. The highest BCUT2D eigenvalue weighted by atomic mass is 127. The van der Waals surface area contributed by atoms with Crippen LogP contribution in [0.5, 0.6) is 11.5 Å². The predicted molar refractivity (Wildman–Crippen MR) is 122 cm³/mol. The van der Waals surface area contributed by atoms with Gasteiger partial charge in [0.05, 0.1) is 13.2 Å². The molecule has 0 fully saturated rings. The Balaban J connectivity index is 0.00000364. The number of rotatable bonds is 9. The molecule has 0 aliphatic carbocycles. The molecule has 2 N–H and O–H groups in total. The van der Waals surface area contributed by atoms with Crippen LogP contribution in [0.25, 0.3) is 0 Å². The second kappa shape index (κ2) is 13.7. The van der Waals surface area contributed by atoms with E-state index in [0.29, 0.717) is 38.2 Å². The van der Waals surface area contributed by atoms with E-state index < -0.39 is 0 Å². The molecule has 0 aromatic heterocycles. The van der Waals surface area contributed by atoms with E-state index in [-0.39, 0.29) is 24.0 Å². The van der Waals surface area contributed by atoms with Crippen LogP contribution in [0.15, 0.2) is 35.8 Å². The maximum Gasteiger partial charge on any atom is 0.196 e. The van der Waals surface area contributed by atoms with Crippen LogP contribution >= 0.6 is 24.0 Å². The van der Waals surface area contributed by atoms with Gasteiger partial charge in [-0.25, -0.2) is 0 Å². The van der Waals surface area contributed by atoms with Gasteiger partial charge in [0.2, 0.25) is 0 Å². The molecule has 0 bridgehead atoms. The second-order valence-corrected chi connectivity index (χ2v) is 6.56. The molecule has 1 aliphatic heterocycles. The fraction of sp³-hybridized carbons (Fsp3) is 0.550. The van der Waals surface area contributed by atoms with Crippen molar-refractivity contribution < 1.29 is 14.2 Å². The first-order chi connectivity index (χ1) is 12.7. The van der Waals surface area contributed by atoms with E-state index in [1.165, 1.54) is 0 Å². The number of nitrogens with one attached hydrogen (secondary N) is 2. The molecule has 7 heteroatoms. The van der Waals surface area contributed by atoms with E-state index in [2.05, 4.69) is 36.1 Å². The van der Waals surface area contributed by atoms with Crippen LogP contribution < -0.4 is 20.1 Å². The fourth-order valence-corrected chi connectivity index (χ4v) is 2.36. The zero-order valence-electron chi connectivity index (χ0n) is 16.3. The molecule has 6 nitrogen and oxygen atoms in total. The van der Waals surface area contributed by atoms with Crippen molar-refractivity contribution in [2.24, 2.45) is 10.9 Å². The summed E-state index contributed by atoms with van der Waals surface area (Å²) in [4.78, 5) is 4.60. The van der Waals surface area contributed by atoms with Crippen molar-refractivity contribution in [3.05, 3.63) is 30.9 Å². The lowest BCUT2D eigenvalue weighted by molar-refractivity contribution is 0.109. The molecular formula is C20H32IN3O3. The van der Waals surface area contributed by atoms with E-state index >= 15 is 0 Å². The topological polar surface area (TPSA) is 64.1 Å². The largest absolute Gasteiger partial charge is 0.490 e. The van der Waals surface area contributed by atoms with Gasteiger partial charge in [-0.2, -0.15) is 0 Å². The number of hydrogen-bond acceptors (Lipinski definition) is 4. The van der Waals surface area contributed by atoms with Gasteiger partial charge in [0.15, 0.2) is 17.5 Å². The summed E-state index contributed by atoms with van der Waals surface area (Å²) in [6.07, 6.45) is 3.58. The van der Waals surface area contributed by atoms with Gasteiger partial charge >= 0.3 is 0 Å². The maximum atomic E-state index is 5.74. The Morgan fingerprint density at radius 1 is 1.30 bits per heavy atom. The minimum Gasteiger partial charge on any atom is -0.490 e. The van der Waals surface area contributed by atoms with Gasteiger partial charge in [-0.05, 0) is 24.5 Å². The zero-order chi connectivity index (χ0) is 18.6. The summed E-state index contributed by atoms with van der Waals surface area (Å²) in [7, 11) is 0. The monoisotopic (exact) mass is 489 g/mol. The first-order valence-electron chi connectivity index (χ1n) is 9.32. The summed E-state index contributed by atoms with van der Waals surface area (Å²) in [6, 6.07) is 5.83. The lowest BCUT2D eigenvalue weighted by atomic mass is 10.2. The van der Waals surface area contributed by atoms with Gasteiger partial charge in [0, 0.05) is 44.5 Å². The van der Waals surface area contributed by atoms with Gasteiger partial charge in [-0.3, -0.25) is 4.99 Å². The third kappa shape index (κ3) is 9.32. The SMILES string of the molecule is C=CCNC(=NCCCOCC(C)C)Nc1ccc2c(c1)OCCCO2.I. The van der Waals surface area contributed by atoms with E-state index in [1.807, 2.05) is 18.2 Å². The van der Waals surface area contributed by atoms with Crippen LogP contribution in [-0.4, -0.2) is 45.5 Å². The van der Waals surface area contributed by atoms with Crippen LogP contribution in [0.4, 0.5) is 5.69 Å². The van der Waals surface area contributed by atoms with E-state index in [9.17, 15) is 0 Å². The zero-order valence-corrected chi connectivity index (χ0v) is 18.7. The molecule has 152 valence electrons. The number of anilines is 1. The Morgan fingerprint density at radius 3 is 2.81 bits per heavy atom. The average molecular weight is 489 g/mol. The Hall–Kier alpha value is -1.48. The van der Waals surface area contributed by atoms with Crippen molar-refractivity contribution in [3.63, 3.8) is 0 Å². The molecule has 0 saturated heterocycles. The standard InChI is InChI=1S/C20H31N3O3.HI/c1-4-9-21-20(22-10-5-11-24-15-16(2)3)23-17-7-8-18-19(14-17)26-13-6-12-25-18;/h4,7-8,14,16H,1,5-6,9-13,15H2,2-3H3,(H2,21,22,23);1H. The molecule has 1 aromatic rings. The quantitative estimate of drug-likeness (QED) is 0.180. The number of hydrogen-bond donors (Lipinski definition) is 2. The number of halogens is 1. The Bertz CT molecular complexity index is 594. The van der Waals surface area contributed by atoms with Crippen LogP contribution in [0.3, 0.4) is 0 Å². The Labute approximate surface area is 179 Å². The molecule has 1 heterocycles. The lowest BCUT2D eigenvalue weighted by Crippen LogP contribution is -2.31. The van der Waals surface area contributed by atoms with Crippen molar-refractivity contribution in [3.8, 4) is 11.5 Å². The van der Waals surface area contributed by atoms with Crippen molar-refractivity contribution in [1.29, 1.82) is 0 Å². The summed E-state index contributed by atoms with van der Waals surface area (Å²) in [5.74, 6) is 2.82. The molecule has 0 amide bonds. The van der Waals surface area contributed by atoms with E-state index in [1.54, 1.807) is 6.08 Å². The Morgan fingerprint density at radius 2 is 2.07 bits per heavy atom. The third-order valence-corrected chi connectivity index (χ3v) is 3.59. The summed E-state index contributed by atoms with van der Waals surface area (Å²) in [6.45, 7) is 12.2. The predicted octanol–water partition coefficient (Wildman–Crippen LogP) is 4.07. The maximum absolute atomic E-state index is 5.74. The van der Waals surface area contributed by atoms with Gasteiger partial charge in [0.25, 0.3) is 0 Å². The van der Waals surface area contributed by atoms with Crippen molar-refractivity contribution >= 4 is 35.6 Å². The summed E-state index contributed by atoms with van der Waals surface area (Å²) < 4.78 is 17.0. The van der Waals surface area contributed by atoms with Gasteiger partial charge in [-0.15, -0.1) is 30.6 Å². The molecule has 0 unspecified atom stereocenters. The minimum absolute atomic E-state index is 0. The molecule has 1 aromatic carbocycles. The summed E-state index contributed by atoms with van der Waals surface area (Å²) >= 11 is 0. The molecule has 0 spiro atoms.